The van der Waals surface area contributed by atoms with E-state index in [1.807, 2.05) is 13.0 Å². The Labute approximate surface area is 116 Å². The van der Waals surface area contributed by atoms with Crippen LogP contribution in [0.1, 0.15) is 30.6 Å². The lowest BCUT2D eigenvalue weighted by Crippen LogP contribution is -2.31. The number of aromatic nitrogens is 2. The second-order valence-corrected chi connectivity index (χ2v) is 4.62. The van der Waals surface area contributed by atoms with Gasteiger partial charge in [0.2, 0.25) is 0 Å². The quantitative estimate of drug-likeness (QED) is 0.655. The van der Waals surface area contributed by atoms with Crippen LogP contribution in [0.3, 0.4) is 0 Å². The fourth-order valence-corrected chi connectivity index (χ4v) is 2.36. The molecule has 1 aromatic heterocycles. The first-order valence-electron chi connectivity index (χ1n) is 6.10. The van der Waals surface area contributed by atoms with Gasteiger partial charge in [0.25, 0.3) is 0 Å². The number of nitrogens with zero attached hydrogens (tertiary/aromatic N) is 2. The van der Waals surface area contributed by atoms with E-state index in [9.17, 15) is 4.39 Å². The molecule has 2 rings (SSSR count). The molecule has 19 heavy (non-hydrogen) atoms. The van der Waals surface area contributed by atoms with Crippen molar-refractivity contribution in [3.8, 4) is 0 Å². The van der Waals surface area contributed by atoms with Crippen LogP contribution in [0.2, 0.25) is 5.02 Å². The van der Waals surface area contributed by atoms with Gasteiger partial charge in [-0.15, -0.1) is 0 Å². The minimum absolute atomic E-state index is 0.338. The molecule has 4 nitrogen and oxygen atoms in total. The lowest BCUT2D eigenvalue weighted by atomic mass is 10.0. The van der Waals surface area contributed by atoms with Crippen LogP contribution in [0.4, 0.5) is 4.39 Å². The Balaban J connectivity index is 2.47. The molecule has 0 spiro atoms. The number of hydrogen-bond acceptors (Lipinski definition) is 3. The summed E-state index contributed by atoms with van der Waals surface area (Å²) in [4.78, 5) is 0. The van der Waals surface area contributed by atoms with Gasteiger partial charge in [0, 0.05) is 23.3 Å². The van der Waals surface area contributed by atoms with Crippen LogP contribution in [0.5, 0.6) is 0 Å². The summed E-state index contributed by atoms with van der Waals surface area (Å²) in [6.07, 6.45) is 2.60. The molecule has 2 aromatic rings. The standard InChI is InChI=1S/C13H16ClFN4/c1-2-8-19-11(6-7-17-19)13(18-16)12-9(14)4-3-5-10(12)15/h3-7,13,18H,2,8,16H2,1H3. The lowest BCUT2D eigenvalue weighted by Gasteiger charge is -2.19. The van der Waals surface area contributed by atoms with Gasteiger partial charge < -0.3 is 0 Å². The molecule has 102 valence electrons. The first-order chi connectivity index (χ1) is 9.19. The largest absolute Gasteiger partial charge is 0.271 e. The summed E-state index contributed by atoms with van der Waals surface area (Å²) in [5.41, 5.74) is 3.74. The van der Waals surface area contributed by atoms with E-state index in [0.29, 0.717) is 10.6 Å². The maximum atomic E-state index is 14.0. The van der Waals surface area contributed by atoms with Crippen molar-refractivity contribution in [1.82, 2.24) is 15.2 Å². The third-order valence-electron chi connectivity index (χ3n) is 2.94. The highest BCUT2D eigenvalue weighted by atomic mass is 35.5. The van der Waals surface area contributed by atoms with Crippen molar-refractivity contribution in [1.29, 1.82) is 0 Å². The van der Waals surface area contributed by atoms with Gasteiger partial charge in [0.05, 0.1) is 11.7 Å². The first-order valence-corrected chi connectivity index (χ1v) is 6.48. The van der Waals surface area contributed by atoms with E-state index in [0.717, 1.165) is 18.7 Å². The number of nitrogens with one attached hydrogen (secondary N) is 1. The summed E-state index contributed by atoms with van der Waals surface area (Å²) in [5.74, 6) is 5.19. The summed E-state index contributed by atoms with van der Waals surface area (Å²) in [6, 6.07) is 5.86. The van der Waals surface area contributed by atoms with Gasteiger partial charge in [-0.05, 0) is 24.6 Å². The van der Waals surface area contributed by atoms with Gasteiger partial charge in [0.1, 0.15) is 5.82 Å². The van der Waals surface area contributed by atoms with Crippen LogP contribution >= 0.6 is 11.6 Å². The number of rotatable bonds is 5. The van der Waals surface area contributed by atoms with Crippen molar-refractivity contribution in [3.63, 3.8) is 0 Å². The summed E-state index contributed by atoms with van der Waals surface area (Å²) < 4.78 is 15.8. The van der Waals surface area contributed by atoms with Gasteiger partial charge in [0.15, 0.2) is 0 Å². The molecule has 1 unspecified atom stereocenters. The Morgan fingerprint density at radius 3 is 2.89 bits per heavy atom. The molecule has 0 amide bonds. The number of halogens is 2. The molecule has 0 fully saturated rings. The van der Waals surface area contributed by atoms with Crippen LogP contribution in [-0.2, 0) is 6.54 Å². The predicted octanol–water partition coefficient (Wildman–Crippen LogP) is 2.64. The molecule has 1 atom stereocenters. The molecular formula is C13H16ClFN4. The molecule has 1 aromatic carbocycles. The average Bonchev–Trinajstić information content (AvgIpc) is 2.83. The van der Waals surface area contributed by atoms with Crippen molar-refractivity contribution in [2.75, 3.05) is 0 Å². The number of benzene rings is 1. The Hall–Kier alpha value is -1.43. The highest BCUT2D eigenvalue weighted by Gasteiger charge is 2.22. The average molecular weight is 283 g/mol. The van der Waals surface area contributed by atoms with Gasteiger partial charge in [-0.3, -0.25) is 10.5 Å². The molecule has 0 saturated carbocycles. The second-order valence-electron chi connectivity index (χ2n) is 4.21. The fourth-order valence-electron chi connectivity index (χ4n) is 2.09. The van der Waals surface area contributed by atoms with Crippen LogP contribution < -0.4 is 11.3 Å². The van der Waals surface area contributed by atoms with Gasteiger partial charge in [-0.2, -0.15) is 5.10 Å². The Morgan fingerprint density at radius 1 is 1.47 bits per heavy atom. The topological polar surface area (TPSA) is 55.9 Å². The SMILES string of the molecule is CCCn1nccc1C(NN)c1c(F)cccc1Cl. The van der Waals surface area contributed by atoms with Crippen LogP contribution in [0.15, 0.2) is 30.5 Å². The van der Waals surface area contributed by atoms with Crippen molar-refractivity contribution >= 4 is 11.6 Å². The monoisotopic (exact) mass is 282 g/mol. The second kappa shape index (κ2) is 6.14. The summed E-state index contributed by atoms with van der Waals surface area (Å²) in [6.45, 7) is 2.79. The van der Waals surface area contributed by atoms with Crippen molar-refractivity contribution in [2.24, 2.45) is 5.84 Å². The summed E-state index contributed by atoms with van der Waals surface area (Å²) >= 11 is 6.08. The molecule has 3 N–H and O–H groups in total. The third kappa shape index (κ3) is 2.78. The molecule has 0 bridgehead atoms. The normalized spacial score (nSPS) is 12.6. The molecule has 0 radical (unpaired) electrons. The smallest absolute Gasteiger partial charge is 0.129 e. The van der Waals surface area contributed by atoms with Crippen molar-refractivity contribution < 1.29 is 4.39 Å². The van der Waals surface area contributed by atoms with Crippen molar-refractivity contribution in [2.45, 2.75) is 25.9 Å². The van der Waals surface area contributed by atoms with Crippen LogP contribution in [0.25, 0.3) is 0 Å². The number of nitrogens with two attached hydrogens (primary N) is 1. The number of aryl methyl sites for hydroxylation is 1. The van der Waals surface area contributed by atoms with Crippen LogP contribution in [-0.4, -0.2) is 9.78 Å². The van der Waals surface area contributed by atoms with Crippen LogP contribution in [0, 0.1) is 5.82 Å². The van der Waals surface area contributed by atoms with Gasteiger partial charge in [-0.25, -0.2) is 9.82 Å². The van der Waals surface area contributed by atoms with Gasteiger partial charge in [-0.1, -0.05) is 24.6 Å². The molecule has 1 heterocycles. The van der Waals surface area contributed by atoms with E-state index >= 15 is 0 Å². The fraction of sp³-hybridized carbons (Fsp3) is 0.308. The lowest BCUT2D eigenvalue weighted by molar-refractivity contribution is 0.502. The van der Waals surface area contributed by atoms with E-state index in [-0.39, 0.29) is 5.82 Å². The maximum Gasteiger partial charge on any atom is 0.129 e. The van der Waals surface area contributed by atoms with E-state index in [2.05, 4.69) is 10.5 Å². The number of hydrogen-bond donors (Lipinski definition) is 2. The molecule has 0 aliphatic rings. The minimum Gasteiger partial charge on any atom is -0.271 e. The molecule has 6 heteroatoms. The van der Waals surface area contributed by atoms with E-state index in [4.69, 9.17) is 17.4 Å². The molecule has 0 aliphatic heterocycles. The van der Waals surface area contributed by atoms with Crippen molar-refractivity contribution in [3.05, 3.63) is 52.6 Å². The minimum atomic E-state index is -0.525. The predicted molar refractivity (Wildman–Crippen MR) is 73.1 cm³/mol. The Bertz CT molecular complexity index is 535. The third-order valence-corrected chi connectivity index (χ3v) is 3.27. The van der Waals surface area contributed by atoms with E-state index < -0.39 is 6.04 Å². The van der Waals surface area contributed by atoms with E-state index in [1.165, 1.54) is 6.07 Å². The molecular weight excluding hydrogens is 267 g/mol. The zero-order chi connectivity index (χ0) is 13.8. The Kier molecular flexibility index (Phi) is 4.52. The van der Waals surface area contributed by atoms with E-state index in [1.54, 1.807) is 23.0 Å². The maximum absolute atomic E-state index is 14.0. The molecule has 0 aliphatic carbocycles. The highest BCUT2D eigenvalue weighted by molar-refractivity contribution is 6.31. The molecule has 0 saturated heterocycles. The first kappa shape index (κ1) is 14.0. The zero-order valence-electron chi connectivity index (χ0n) is 10.6. The van der Waals surface area contributed by atoms with Gasteiger partial charge >= 0.3 is 0 Å². The number of hydrazine groups is 1. The summed E-state index contributed by atoms with van der Waals surface area (Å²) in [5, 5.41) is 4.56. The Morgan fingerprint density at radius 2 is 2.26 bits per heavy atom. The highest BCUT2D eigenvalue weighted by Crippen LogP contribution is 2.30. The summed E-state index contributed by atoms with van der Waals surface area (Å²) in [7, 11) is 0. The zero-order valence-corrected chi connectivity index (χ0v) is 11.4.